The summed E-state index contributed by atoms with van der Waals surface area (Å²) < 4.78 is 0. The van der Waals surface area contributed by atoms with Crippen LogP contribution in [0.1, 0.15) is 6.92 Å². The van der Waals surface area contributed by atoms with Gasteiger partial charge in [-0.15, -0.1) is 0 Å². The number of hydrogen-bond acceptors (Lipinski definition) is 3. The van der Waals surface area contributed by atoms with Gasteiger partial charge < -0.3 is 0 Å². The summed E-state index contributed by atoms with van der Waals surface area (Å²) in [5.41, 5.74) is 0.559. The molecule has 0 spiro atoms. The molecule has 1 heterocycles. The Bertz CT molecular complexity index is 418. The number of nitrogens with zero attached hydrogens (tertiary/aromatic N) is 2. The molecule has 1 atom stereocenters. The molecule has 1 fully saturated rings. The summed E-state index contributed by atoms with van der Waals surface area (Å²) in [6.45, 7) is 1.63. The summed E-state index contributed by atoms with van der Waals surface area (Å²) in [5.74, 6) is -0.280. The molecule has 1 aliphatic rings. The zero-order valence-corrected chi connectivity index (χ0v) is 9.08. The Hall–Kier alpha value is -1.88. The normalized spacial score (nSPS) is 20.8. The van der Waals surface area contributed by atoms with Gasteiger partial charge in [-0.1, -0.05) is 18.2 Å². The fourth-order valence-corrected chi connectivity index (χ4v) is 1.70. The minimum absolute atomic E-state index is 0.280. The van der Waals surface area contributed by atoms with E-state index < -0.39 is 12.1 Å². The number of rotatable bonds is 2. The van der Waals surface area contributed by atoms with E-state index in [4.69, 9.17) is 4.84 Å². The first kappa shape index (κ1) is 10.6. The average Bonchev–Trinajstić information content (AvgIpc) is 2.51. The van der Waals surface area contributed by atoms with E-state index in [1.54, 1.807) is 31.2 Å². The van der Waals surface area contributed by atoms with Crippen LogP contribution in [0.3, 0.4) is 0 Å². The average molecular weight is 220 g/mol. The van der Waals surface area contributed by atoms with Crippen molar-refractivity contribution >= 4 is 17.6 Å². The molecule has 5 heteroatoms. The van der Waals surface area contributed by atoms with Gasteiger partial charge >= 0.3 is 6.03 Å². The highest BCUT2D eigenvalue weighted by molar-refractivity contribution is 6.20. The third kappa shape index (κ3) is 1.45. The predicted molar refractivity (Wildman–Crippen MR) is 57.6 cm³/mol. The van der Waals surface area contributed by atoms with Crippen LogP contribution in [0.4, 0.5) is 10.5 Å². The molecule has 3 amide bonds. The van der Waals surface area contributed by atoms with Gasteiger partial charge in [-0.25, -0.2) is 9.69 Å². The highest BCUT2D eigenvalue weighted by atomic mass is 16.7. The smallest absolute Gasteiger partial charge is 0.272 e. The topological polar surface area (TPSA) is 49.9 Å². The molecule has 1 aromatic carbocycles. The van der Waals surface area contributed by atoms with Crippen LogP contribution in [0.5, 0.6) is 0 Å². The lowest BCUT2D eigenvalue weighted by molar-refractivity contribution is -0.133. The van der Waals surface area contributed by atoms with Gasteiger partial charge in [-0.2, -0.15) is 5.06 Å². The first-order chi connectivity index (χ1) is 7.66. The monoisotopic (exact) mass is 220 g/mol. The first-order valence-electron chi connectivity index (χ1n) is 4.93. The predicted octanol–water partition coefficient (Wildman–Crippen LogP) is 1.41. The Balaban J connectivity index is 2.37. The van der Waals surface area contributed by atoms with Crippen LogP contribution in [0.2, 0.25) is 0 Å². The van der Waals surface area contributed by atoms with E-state index in [9.17, 15) is 9.59 Å². The van der Waals surface area contributed by atoms with Gasteiger partial charge in [0.15, 0.2) is 0 Å². The van der Waals surface area contributed by atoms with Gasteiger partial charge in [-0.05, 0) is 19.1 Å². The molecule has 1 saturated heterocycles. The first-order valence-corrected chi connectivity index (χ1v) is 4.93. The quantitative estimate of drug-likeness (QED) is 0.708. The molecule has 0 aliphatic carbocycles. The van der Waals surface area contributed by atoms with E-state index >= 15 is 0 Å². The molecule has 84 valence electrons. The van der Waals surface area contributed by atoms with Crippen molar-refractivity contribution < 1.29 is 14.4 Å². The van der Waals surface area contributed by atoms with Crippen molar-refractivity contribution in [3.8, 4) is 0 Å². The lowest BCUT2D eigenvalue weighted by Crippen LogP contribution is -2.32. The molecule has 1 unspecified atom stereocenters. The van der Waals surface area contributed by atoms with Crippen molar-refractivity contribution in [2.75, 3.05) is 12.0 Å². The number of urea groups is 1. The van der Waals surface area contributed by atoms with Crippen molar-refractivity contribution in [2.45, 2.75) is 13.0 Å². The van der Waals surface area contributed by atoms with Gasteiger partial charge in [0.25, 0.3) is 5.91 Å². The number of hydrogen-bond donors (Lipinski definition) is 0. The molecule has 0 saturated carbocycles. The highest BCUT2D eigenvalue weighted by Crippen LogP contribution is 2.24. The van der Waals surface area contributed by atoms with E-state index in [0.717, 1.165) is 9.96 Å². The molecule has 0 radical (unpaired) electrons. The second-order valence-electron chi connectivity index (χ2n) is 3.48. The van der Waals surface area contributed by atoms with Crippen molar-refractivity contribution in [1.29, 1.82) is 0 Å². The lowest BCUT2D eigenvalue weighted by Gasteiger charge is -2.15. The number of amides is 3. The maximum Gasteiger partial charge on any atom is 0.356 e. The molecule has 0 aromatic heterocycles. The molecule has 5 nitrogen and oxygen atoms in total. The van der Waals surface area contributed by atoms with Gasteiger partial charge in [0.05, 0.1) is 12.8 Å². The molecule has 1 aliphatic heterocycles. The fraction of sp³-hybridized carbons (Fsp3) is 0.273. The van der Waals surface area contributed by atoms with Crippen molar-refractivity contribution in [3.63, 3.8) is 0 Å². The van der Waals surface area contributed by atoms with E-state index in [2.05, 4.69) is 0 Å². The molecule has 2 rings (SSSR count). The Morgan fingerprint density at radius 2 is 1.81 bits per heavy atom. The molecular weight excluding hydrogens is 208 g/mol. The summed E-state index contributed by atoms with van der Waals surface area (Å²) >= 11 is 0. The zero-order valence-electron chi connectivity index (χ0n) is 9.08. The number of benzene rings is 1. The second kappa shape index (κ2) is 3.94. The zero-order chi connectivity index (χ0) is 11.7. The van der Waals surface area contributed by atoms with Crippen LogP contribution < -0.4 is 4.90 Å². The number of anilines is 1. The Kier molecular flexibility index (Phi) is 2.62. The SMILES string of the molecule is CON1C(=O)N(c2ccccc2)C(=O)C1C. The van der Waals surface area contributed by atoms with Gasteiger partial charge in [0.1, 0.15) is 6.04 Å². The number of carbonyl (C=O) groups excluding carboxylic acids is 2. The lowest BCUT2D eigenvalue weighted by atomic mass is 10.3. The maximum absolute atomic E-state index is 11.9. The second-order valence-corrected chi connectivity index (χ2v) is 3.48. The molecule has 0 bridgehead atoms. The van der Waals surface area contributed by atoms with E-state index in [0.29, 0.717) is 5.69 Å². The van der Waals surface area contributed by atoms with Crippen molar-refractivity contribution in [2.24, 2.45) is 0 Å². The van der Waals surface area contributed by atoms with Crippen LogP contribution in [0.25, 0.3) is 0 Å². The van der Waals surface area contributed by atoms with Crippen molar-refractivity contribution in [3.05, 3.63) is 30.3 Å². The summed E-state index contributed by atoms with van der Waals surface area (Å²) in [5, 5.41) is 1.06. The summed E-state index contributed by atoms with van der Waals surface area (Å²) in [4.78, 5) is 29.7. The third-order valence-electron chi connectivity index (χ3n) is 2.52. The van der Waals surface area contributed by atoms with E-state index in [1.165, 1.54) is 7.11 Å². The van der Waals surface area contributed by atoms with Crippen LogP contribution in [-0.2, 0) is 9.63 Å². The molecule has 0 N–H and O–H groups in total. The number of imide groups is 1. The minimum atomic E-state index is -0.585. The minimum Gasteiger partial charge on any atom is -0.272 e. The number of carbonyl (C=O) groups is 2. The Labute approximate surface area is 93.2 Å². The number of hydroxylamine groups is 2. The van der Waals surface area contributed by atoms with Gasteiger partial charge in [-0.3, -0.25) is 9.63 Å². The van der Waals surface area contributed by atoms with Crippen LogP contribution in [-0.4, -0.2) is 30.2 Å². The largest absolute Gasteiger partial charge is 0.356 e. The van der Waals surface area contributed by atoms with Crippen molar-refractivity contribution in [1.82, 2.24) is 5.06 Å². The van der Waals surface area contributed by atoms with Gasteiger partial charge in [0, 0.05) is 0 Å². The summed E-state index contributed by atoms with van der Waals surface area (Å²) in [6.07, 6.45) is 0. The summed E-state index contributed by atoms with van der Waals surface area (Å²) in [6, 6.07) is 7.76. The molecule has 16 heavy (non-hydrogen) atoms. The Morgan fingerprint density at radius 1 is 1.19 bits per heavy atom. The fourth-order valence-electron chi connectivity index (χ4n) is 1.70. The van der Waals surface area contributed by atoms with Gasteiger partial charge in [0.2, 0.25) is 0 Å². The maximum atomic E-state index is 11.9. The Morgan fingerprint density at radius 3 is 2.31 bits per heavy atom. The van der Waals surface area contributed by atoms with Crippen LogP contribution in [0.15, 0.2) is 30.3 Å². The summed E-state index contributed by atoms with van der Waals surface area (Å²) in [7, 11) is 1.37. The third-order valence-corrected chi connectivity index (χ3v) is 2.52. The van der Waals surface area contributed by atoms with Crippen LogP contribution in [0, 0.1) is 0 Å². The molecule has 1 aromatic rings. The standard InChI is InChI=1S/C11H12N2O3/c1-8-10(14)12(11(15)13(8)16-2)9-6-4-3-5-7-9/h3-8H,1-2H3. The van der Waals surface area contributed by atoms with Crippen LogP contribution >= 0.6 is 0 Å². The molecular formula is C11H12N2O3. The number of para-hydroxylation sites is 1. The van der Waals surface area contributed by atoms with E-state index in [-0.39, 0.29) is 5.91 Å². The van der Waals surface area contributed by atoms with E-state index in [1.807, 2.05) is 6.07 Å². The highest BCUT2D eigenvalue weighted by Gasteiger charge is 2.44.